The van der Waals surface area contributed by atoms with Crippen molar-refractivity contribution in [3.63, 3.8) is 0 Å². The van der Waals surface area contributed by atoms with Crippen LogP contribution in [0.2, 0.25) is 0 Å². The Morgan fingerprint density at radius 1 is 1.25 bits per heavy atom. The molecular weight excluding hydrogens is 320 g/mol. The van der Waals surface area contributed by atoms with Crippen LogP contribution in [0.5, 0.6) is 5.75 Å². The first-order chi connectivity index (χ1) is 11.8. The summed E-state index contributed by atoms with van der Waals surface area (Å²) in [6, 6.07) is 11.3. The number of ether oxygens (including phenoxy) is 1. The molecule has 1 N–H and O–H groups in total. The molecule has 1 heterocycles. The molecule has 0 atom stereocenters. The van der Waals surface area contributed by atoms with E-state index >= 15 is 0 Å². The number of hydrazone groups is 1. The van der Waals surface area contributed by atoms with Crippen LogP contribution in [0.25, 0.3) is 0 Å². The summed E-state index contributed by atoms with van der Waals surface area (Å²) in [5.41, 5.74) is 4.12. The SMILES string of the molecule is CC/C(=N/NC(=O)c1ccc(OC2CCCC2)cc1)c1cccs1. The Balaban J connectivity index is 1.60. The molecule has 0 spiro atoms. The molecule has 3 rings (SSSR count). The first-order valence-electron chi connectivity index (χ1n) is 8.43. The minimum atomic E-state index is -0.204. The summed E-state index contributed by atoms with van der Waals surface area (Å²) >= 11 is 1.62. The van der Waals surface area contributed by atoms with Gasteiger partial charge in [-0.1, -0.05) is 13.0 Å². The zero-order chi connectivity index (χ0) is 16.8. The summed E-state index contributed by atoms with van der Waals surface area (Å²) in [7, 11) is 0. The molecule has 1 fully saturated rings. The molecule has 1 aromatic carbocycles. The lowest BCUT2D eigenvalue weighted by molar-refractivity contribution is 0.0954. The van der Waals surface area contributed by atoms with E-state index in [1.165, 1.54) is 12.8 Å². The number of thiophene rings is 1. The summed E-state index contributed by atoms with van der Waals surface area (Å²) in [4.78, 5) is 13.3. The molecule has 4 nitrogen and oxygen atoms in total. The second-order valence-corrected chi connectivity index (χ2v) is 6.83. The fraction of sp³-hybridized carbons (Fsp3) is 0.368. The van der Waals surface area contributed by atoms with E-state index in [1.54, 1.807) is 23.5 Å². The number of nitrogens with one attached hydrogen (secondary N) is 1. The molecular formula is C19H22N2O2S. The van der Waals surface area contributed by atoms with E-state index < -0.39 is 0 Å². The van der Waals surface area contributed by atoms with E-state index in [1.807, 2.05) is 36.6 Å². The largest absolute Gasteiger partial charge is 0.490 e. The number of rotatable bonds is 6. The standard InChI is InChI=1S/C19H22N2O2S/c1-2-17(18-8-5-13-24-18)20-21-19(22)14-9-11-16(12-10-14)23-15-6-3-4-7-15/h5,8-13,15H,2-4,6-7H2,1H3,(H,21,22)/b20-17-. The van der Waals surface area contributed by atoms with E-state index in [4.69, 9.17) is 4.74 Å². The summed E-state index contributed by atoms with van der Waals surface area (Å²) in [5, 5.41) is 6.27. The average Bonchev–Trinajstić information content (AvgIpc) is 3.30. The molecule has 2 aromatic rings. The molecule has 126 valence electrons. The number of benzene rings is 1. The highest BCUT2D eigenvalue weighted by molar-refractivity contribution is 7.12. The van der Waals surface area contributed by atoms with Crippen LogP contribution in [-0.4, -0.2) is 17.7 Å². The van der Waals surface area contributed by atoms with Gasteiger partial charge in [0.05, 0.1) is 16.7 Å². The molecule has 0 aliphatic heterocycles. The maximum Gasteiger partial charge on any atom is 0.271 e. The molecule has 1 aliphatic carbocycles. The zero-order valence-electron chi connectivity index (χ0n) is 13.8. The van der Waals surface area contributed by atoms with Gasteiger partial charge in [-0.05, 0) is 67.8 Å². The third-order valence-corrected chi connectivity index (χ3v) is 5.07. The fourth-order valence-electron chi connectivity index (χ4n) is 2.82. The first-order valence-corrected chi connectivity index (χ1v) is 9.31. The smallest absolute Gasteiger partial charge is 0.271 e. The topological polar surface area (TPSA) is 50.7 Å². The van der Waals surface area contributed by atoms with Gasteiger partial charge in [-0.15, -0.1) is 11.3 Å². The van der Waals surface area contributed by atoms with Crippen molar-refractivity contribution in [1.82, 2.24) is 5.43 Å². The van der Waals surface area contributed by atoms with Gasteiger partial charge in [0.25, 0.3) is 5.91 Å². The average molecular weight is 342 g/mol. The van der Waals surface area contributed by atoms with Crippen molar-refractivity contribution >= 4 is 23.0 Å². The van der Waals surface area contributed by atoms with Gasteiger partial charge in [-0.2, -0.15) is 5.10 Å². The van der Waals surface area contributed by atoms with E-state index in [0.717, 1.165) is 35.6 Å². The fourth-order valence-corrected chi connectivity index (χ4v) is 3.60. The predicted octanol–water partition coefficient (Wildman–Crippen LogP) is 4.61. The Morgan fingerprint density at radius 2 is 2.00 bits per heavy atom. The highest BCUT2D eigenvalue weighted by Gasteiger charge is 2.16. The van der Waals surface area contributed by atoms with Gasteiger partial charge < -0.3 is 4.74 Å². The quantitative estimate of drug-likeness (QED) is 0.615. The summed E-state index contributed by atoms with van der Waals surface area (Å²) in [5.74, 6) is 0.625. The Morgan fingerprint density at radius 3 is 2.62 bits per heavy atom. The van der Waals surface area contributed by atoms with Gasteiger partial charge in [0.15, 0.2) is 0 Å². The van der Waals surface area contributed by atoms with Crippen LogP contribution in [0.3, 0.4) is 0 Å². The lowest BCUT2D eigenvalue weighted by Gasteiger charge is -2.13. The Kier molecular flexibility index (Phi) is 5.64. The van der Waals surface area contributed by atoms with E-state index in [0.29, 0.717) is 11.7 Å². The van der Waals surface area contributed by atoms with E-state index in [9.17, 15) is 4.79 Å². The monoisotopic (exact) mass is 342 g/mol. The molecule has 1 aliphatic rings. The number of hydrogen-bond acceptors (Lipinski definition) is 4. The Bertz CT molecular complexity index is 687. The number of amides is 1. The van der Waals surface area contributed by atoms with Gasteiger partial charge in [0, 0.05) is 5.56 Å². The van der Waals surface area contributed by atoms with Crippen LogP contribution in [0.15, 0.2) is 46.9 Å². The normalized spacial score (nSPS) is 15.5. The summed E-state index contributed by atoms with van der Waals surface area (Å²) < 4.78 is 5.92. The predicted molar refractivity (Wildman–Crippen MR) is 97.9 cm³/mol. The maximum absolute atomic E-state index is 12.2. The summed E-state index contributed by atoms with van der Waals surface area (Å²) in [6.45, 7) is 2.03. The molecule has 24 heavy (non-hydrogen) atoms. The molecule has 0 saturated heterocycles. The van der Waals surface area contributed by atoms with Gasteiger partial charge in [-0.3, -0.25) is 4.79 Å². The van der Waals surface area contributed by atoms with Crippen LogP contribution in [-0.2, 0) is 0 Å². The summed E-state index contributed by atoms with van der Waals surface area (Å²) in [6.07, 6.45) is 5.83. The van der Waals surface area contributed by atoms with Crippen molar-refractivity contribution in [2.24, 2.45) is 5.10 Å². The lowest BCUT2D eigenvalue weighted by Crippen LogP contribution is -2.19. The highest BCUT2D eigenvalue weighted by Crippen LogP contribution is 2.24. The van der Waals surface area contributed by atoms with Crippen LogP contribution < -0.4 is 10.2 Å². The number of hydrogen-bond donors (Lipinski definition) is 1. The van der Waals surface area contributed by atoms with Gasteiger partial charge in [0.2, 0.25) is 0 Å². The highest BCUT2D eigenvalue weighted by atomic mass is 32.1. The Hall–Kier alpha value is -2.14. The van der Waals surface area contributed by atoms with Crippen LogP contribution in [0, 0.1) is 0 Å². The molecule has 1 amide bonds. The van der Waals surface area contributed by atoms with Crippen molar-refractivity contribution in [1.29, 1.82) is 0 Å². The molecule has 1 aromatic heterocycles. The molecule has 0 unspecified atom stereocenters. The number of carbonyl (C=O) groups excluding carboxylic acids is 1. The number of nitrogens with zero attached hydrogens (tertiary/aromatic N) is 1. The van der Waals surface area contributed by atoms with Crippen molar-refractivity contribution in [3.8, 4) is 5.75 Å². The van der Waals surface area contributed by atoms with Crippen molar-refractivity contribution in [2.75, 3.05) is 0 Å². The van der Waals surface area contributed by atoms with Crippen LogP contribution in [0.4, 0.5) is 0 Å². The van der Waals surface area contributed by atoms with E-state index in [2.05, 4.69) is 10.5 Å². The number of carbonyl (C=O) groups is 1. The second kappa shape index (κ2) is 8.11. The third-order valence-electron chi connectivity index (χ3n) is 4.15. The second-order valence-electron chi connectivity index (χ2n) is 5.88. The van der Waals surface area contributed by atoms with Crippen molar-refractivity contribution in [3.05, 3.63) is 52.2 Å². The van der Waals surface area contributed by atoms with Gasteiger partial charge >= 0.3 is 0 Å². The lowest BCUT2D eigenvalue weighted by atomic mass is 10.2. The van der Waals surface area contributed by atoms with Crippen molar-refractivity contribution in [2.45, 2.75) is 45.1 Å². The van der Waals surface area contributed by atoms with Gasteiger partial charge in [0.1, 0.15) is 5.75 Å². The minimum absolute atomic E-state index is 0.204. The maximum atomic E-state index is 12.2. The van der Waals surface area contributed by atoms with Crippen LogP contribution in [0.1, 0.15) is 54.3 Å². The molecule has 0 radical (unpaired) electrons. The third kappa shape index (κ3) is 4.23. The van der Waals surface area contributed by atoms with E-state index in [-0.39, 0.29) is 5.91 Å². The van der Waals surface area contributed by atoms with Gasteiger partial charge in [-0.25, -0.2) is 5.43 Å². The minimum Gasteiger partial charge on any atom is -0.490 e. The van der Waals surface area contributed by atoms with Crippen molar-refractivity contribution < 1.29 is 9.53 Å². The zero-order valence-corrected chi connectivity index (χ0v) is 14.6. The Labute approximate surface area is 146 Å². The van der Waals surface area contributed by atoms with Crippen LogP contribution >= 0.6 is 11.3 Å². The first kappa shape index (κ1) is 16.7. The molecule has 5 heteroatoms. The molecule has 1 saturated carbocycles. The molecule has 0 bridgehead atoms.